The average molecular weight is 209 g/mol. The van der Waals surface area contributed by atoms with Crippen LogP contribution in [0.3, 0.4) is 0 Å². The third-order valence-electron chi connectivity index (χ3n) is 1.69. The summed E-state index contributed by atoms with van der Waals surface area (Å²) in [5, 5.41) is 20.7. The number of nitrogens with one attached hydrogen (secondary N) is 1. The van der Waals surface area contributed by atoms with Gasteiger partial charge in [0.2, 0.25) is 0 Å². The summed E-state index contributed by atoms with van der Waals surface area (Å²) in [5.41, 5.74) is 1.10. The SMILES string of the molecule is O=C(O)Cc1n[nH]nc1-c1cccs1. The summed E-state index contributed by atoms with van der Waals surface area (Å²) < 4.78 is 0. The molecular weight excluding hydrogens is 202 g/mol. The van der Waals surface area contributed by atoms with Crippen molar-refractivity contribution >= 4 is 17.3 Å². The van der Waals surface area contributed by atoms with Gasteiger partial charge in [-0.3, -0.25) is 4.79 Å². The van der Waals surface area contributed by atoms with E-state index in [1.165, 1.54) is 11.3 Å². The number of hydrogen-bond acceptors (Lipinski definition) is 4. The molecule has 0 amide bonds. The molecule has 0 unspecified atom stereocenters. The maximum absolute atomic E-state index is 10.5. The smallest absolute Gasteiger partial charge is 0.309 e. The average Bonchev–Trinajstić information content (AvgIpc) is 2.70. The highest BCUT2D eigenvalue weighted by molar-refractivity contribution is 7.13. The second kappa shape index (κ2) is 3.59. The molecule has 0 fully saturated rings. The highest BCUT2D eigenvalue weighted by Gasteiger charge is 2.13. The number of H-pyrrole nitrogens is 1. The summed E-state index contributed by atoms with van der Waals surface area (Å²) >= 11 is 1.51. The normalized spacial score (nSPS) is 10.3. The Morgan fingerprint density at radius 2 is 2.43 bits per heavy atom. The van der Waals surface area contributed by atoms with Gasteiger partial charge in [-0.05, 0) is 11.4 Å². The first-order valence-corrected chi connectivity index (χ1v) is 4.80. The standard InChI is InChI=1S/C8H7N3O2S/c12-7(13)4-5-8(10-11-9-5)6-2-1-3-14-6/h1-3H,4H2,(H,12,13)(H,9,10,11). The van der Waals surface area contributed by atoms with Gasteiger partial charge in [-0.25, -0.2) is 0 Å². The van der Waals surface area contributed by atoms with Crippen LogP contribution in [0.25, 0.3) is 10.6 Å². The monoisotopic (exact) mass is 209 g/mol. The minimum absolute atomic E-state index is 0.107. The van der Waals surface area contributed by atoms with Gasteiger partial charge in [-0.15, -0.1) is 11.3 Å². The number of carboxylic acids is 1. The maximum atomic E-state index is 10.5. The summed E-state index contributed by atoms with van der Waals surface area (Å²) in [6.07, 6.45) is -0.107. The first-order valence-electron chi connectivity index (χ1n) is 3.92. The molecule has 0 bridgehead atoms. The fraction of sp³-hybridized carbons (Fsp3) is 0.125. The molecule has 0 spiro atoms. The molecule has 2 aromatic rings. The molecule has 2 heterocycles. The van der Waals surface area contributed by atoms with Crippen LogP contribution < -0.4 is 0 Å². The maximum Gasteiger partial charge on any atom is 0.309 e. The van der Waals surface area contributed by atoms with E-state index in [4.69, 9.17) is 5.11 Å². The molecule has 0 saturated heterocycles. The van der Waals surface area contributed by atoms with Crippen LogP contribution in [0, 0.1) is 0 Å². The first kappa shape index (κ1) is 8.89. The molecule has 0 aliphatic carbocycles. The van der Waals surface area contributed by atoms with Gasteiger partial charge in [-0.1, -0.05) is 6.07 Å². The molecule has 72 valence electrons. The zero-order chi connectivity index (χ0) is 9.97. The van der Waals surface area contributed by atoms with Crippen molar-refractivity contribution in [1.82, 2.24) is 15.4 Å². The number of thiophene rings is 1. The molecule has 0 saturated carbocycles. The third-order valence-corrected chi connectivity index (χ3v) is 2.57. The second-order valence-electron chi connectivity index (χ2n) is 2.67. The van der Waals surface area contributed by atoms with Crippen molar-refractivity contribution in [3.63, 3.8) is 0 Å². The number of nitrogens with zero attached hydrogens (tertiary/aromatic N) is 2. The van der Waals surface area contributed by atoms with Gasteiger partial charge in [0.25, 0.3) is 0 Å². The second-order valence-corrected chi connectivity index (χ2v) is 3.61. The molecule has 0 aliphatic rings. The molecule has 2 aromatic heterocycles. The number of aliphatic carboxylic acids is 1. The summed E-state index contributed by atoms with van der Waals surface area (Å²) in [6.45, 7) is 0. The molecule has 0 aromatic carbocycles. The van der Waals surface area contributed by atoms with Crippen molar-refractivity contribution < 1.29 is 9.90 Å². The van der Waals surface area contributed by atoms with Gasteiger partial charge >= 0.3 is 5.97 Å². The zero-order valence-electron chi connectivity index (χ0n) is 7.10. The fourth-order valence-electron chi connectivity index (χ4n) is 1.13. The van der Waals surface area contributed by atoms with Crippen LogP contribution in [0.15, 0.2) is 17.5 Å². The summed E-state index contributed by atoms with van der Waals surface area (Å²) in [7, 11) is 0. The number of aromatic amines is 1. The van der Waals surface area contributed by atoms with E-state index in [9.17, 15) is 4.79 Å². The van der Waals surface area contributed by atoms with Gasteiger partial charge in [-0.2, -0.15) is 15.4 Å². The number of hydrogen-bond donors (Lipinski definition) is 2. The lowest BCUT2D eigenvalue weighted by Gasteiger charge is -1.93. The molecule has 0 aliphatic heterocycles. The van der Waals surface area contributed by atoms with Crippen molar-refractivity contribution in [3.05, 3.63) is 23.2 Å². The van der Waals surface area contributed by atoms with Crippen LogP contribution >= 0.6 is 11.3 Å². The summed E-state index contributed by atoms with van der Waals surface area (Å²) in [4.78, 5) is 11.4. The van der Waals surface area contributed by atoms with Crippen LogP contribution in [0.5, 0.6) is 0 Å². The molecule has 2 N–H and O–H groups in total. The van der Waals surface area contributed by atoms with E-state index in [2.05, 4.69) is 15.4 Å². The van der Waals surface area contributed by atoms with E-state index in [-0.39, 0.29) is 6.42 Å². The van der Waals surface area contributed by atoms with Gasteiger partial charge in [0.15, 0.2) is 0 Å². The molecule has 2 rings (SSSR count). The lowest BCUT2D eigenvalue weighted by Crippen LogP contribution is -2.01. The Morgan fingerprint density at radius 1 is 1.57 bits per heavy atom. The molecule has 0 atom stereocenters. The number of carbonyl (C=O) groups is 1. The molecule has 0 radical (unpaired) electrons. The Bertz CT molecular complexity index is 435. The summed E-state index contributed by atoms with van der Waals surface area (Å²) in [6, 6.07) is 3.77. The van der Waals surface area contributed by atoms with Gasteiger partial charge in [0.05, 0.1) is 11.3 Å². The zero-order valence-corrected chi connectivity index (χ0v) is 7.91. The molecule has 5 nitrogen and oxygen atoms in total. The molecular formula is C8H7N3O2S. The van der Waals surface area contributed by atoms with E-state index in [0.29, 0.717) is 11.4 Å². The Morgan fingerprint density at radius 3 is 3.07 bits per heavy atom. The van der Waals surface area contributed by atoms with E-state index in [1.54, 1.807) is 0 Å². The van der Waals surface area contributed by atoms with Crippen molar-refractivity contribution in [3.8, 4) is 10.6 Å². The third kappa shape index (κ3) is 1.64. The van der Waals surface area contributed by atoms with E-state index >= 15 is 0 Å². The fourth-order valence-corrected chi connectivity index (χ4v) is 1.87. The van der Waals surface area contributed by atoms with Crippen molar-refractivity contribution in [2.45, 2.75) is 6.42 Å². The van der Waals surface area contributed by atoms with Crippen LogP contribution in [0.2, 0.25) is 0 Å². The van der Waals surface area contributed by atoms with Crippen molar-refractivity contribution in [1.29, 1.82) is 0 Å². The van der Waals surface area contributed by atoms with Crippen molar-refractivity contribution in [2.75, 3.05) is 0 Å². The van der Waals surface area contributed by atoms with Crippen LogP contribution in [-0.4, -0.2) is 26.5 Å². The van der Waals surface area contributed by atoms with Crippen molar-refractivity contribution in [2.24, 2.45) is 0 Å². The Balaban J connectivity index is 2.35. The molecule has 14 heavy (non-hydrogen) atoms. The van der Waals surface area contributed by atoms with Crippen LogP contribution in [0.1, 0.15) is 5.69 Å². The Kier molecular flexibility index (Phi) is 2.28. The highest BCUT2D eigenvalue weighted by atomic mass is 32.1. The Labute approximate surface area is 83.4 Å². The van der Waals surface area contributed by atoms with Gasteiger partial charge in [0, 0.05) is 0 Å². The topological polar surface area (TPSA) is 78.9 Å². The Hall–Kier alpha value is -1.69. The molecule has 6 heteroatoms. The van der Waals surface area contributed by atoms with Gasteiger partial charge < -0.3 is 5.11 Å². The lowest BCUT2D eigenvalue weighted by atomic mass is 10.2. The van der Waals surface area contributed by atoms with E-state index in [1.807, 2.05) is 17.5 Å². The largest absolute Gasteiger partial charge is 0.481 e. The number of aromatic nitrogens is 3. The van der Waals surface area contributed by atoms with E-state index < -0.39 is 5.97 Å². The van der Waals surface area contributed by atoms with E-state index in [0.717, 1.165) is 4.88 Å². The van der Waals surface area contributed by atoms with Crippen LogP contribution in [-0.2, 0) is 11.2 Å². The highest BCUT2D eigenvalue weighted by Crippen LogP contribution is 2.24. The van der Waals surface area contributed by atoms with Crippen LogP contribution in [0.4, 0.5) is 0 Å². The predicted octanol–water partition coefficient (Wildman–Crippen LogP) is 1.16. The quantitative estimate of drug-likeness (QED) is 0.795. The minimum atomic E-state index is -0.906. The predicted molar refractivity (Wildman–Crippen MR) is 51.0 cm³/mol. The lowest BCUT2D eigenvalue weighted by molar-refractivity contribution is -0.136. The first-order chi connectivity index (χ1) is 6.77. The number of carboxylic acid groups (broad SMARTS) is 1. The van der Waals surface area contributed by atoms with Gasteiger partial charge in [0.1, 0.15) is 11.4 Å². The minimum Gasteiger partial charge on any atom is -0.481 e. The summed E-state index contributed by atoms with van der Waals surface area (Å²) in [5.74, 6) is -0.906. The number of rotatable bonds is 3.